The van der Waals surface area contributed by atoms with Gasteiger partial charge in [-0.3, -0.25) is 4.72 Å². The first-order valence-electron chi connectivity index (χ1n) is 6.31. The first kappa shape index (κ1) is 15.9. The summed E-state index contributed by atoms with van der Waals surface area (Å²) in [4.78, 5) is 0. The molecule has 0 saturated carbocycles. The van der Waals surface area contributed by atoms with E-state index < -0.39 is 10.2 Å². The van der Waals surface area contributed by atoms with Crippen molar-refractivity contribution in [3.8, 4) is 0 Å². The van der Waals surface area contributed by atoms with E-state index in [-0.39, 0.29) is 12.1 Å². The van der Waals surface area contributed by atoms with Gasteiger partial charge in [-0.05, 0) is 45.5 Å². The predicted octanol–water partition coefficient (Wildman–Crippen LogP) is 1.96. The van der Waals surface area contributed by atoms with Crippen molar-refractivity contribution in [2.45, 2.75) is 32.9 Å². The lowest BCUT2D eigenvalue weighted by Gasteiger charge is -2.22. The SMILES string of the molecule is CNC(C)c1cccc(NS(=O)(=O)N(C)C(C)C)c1. The van der Waals surface area contributed by atoms with Crippen LogP contribution in [0, 0.1) is 0 Å². The highest BCUT2D eigenvalue weighted by Gasteiger charge is 2.20. The molecule has 1 atom stereocenters. The van der Waals surface area contributed by atoms with Gasteiger partial charge in [0.15, 0.2) is 0 Å². The van der Waals surface area contributed by atoms with Crippen molar-refractivity contribution in [1.82, 2.24) is 9.62 Å². The standard InChI is InChI=1S/C13H23N3O2S/c1-10(2)16(5)19(17,18)15-13-8-6-7-12(9-13)11(3)14-4/h6-11,14-15H,1-5H3. The summed E-state index contributed by atoms with van der Waals surface area (Å²) in [5, 5.41) is 3.12. The normalized spacial score (nSPS) is 13.8. The number of anilines is 1. The molecule has 1 rings (SSSR count). The van der Waals surface area contributed by atoms with Crippen molar-refractivity contribution >= 4 is 15.9 Å². The minimum Gasteiger partial charge on any atom is -0.313 e. The van der Waals surface area contributed by atoms with Gasteiger partial charge < -0.3 is 5.32 Å². The van der Waals surface area contributed by atoms with Gasteiger partial charge in [-0.2, -0.15) is 12.7 Å². The first-order valence-corrected chi connectivity index (χ1v) is 7.75. The lowest BCUT2D eigenvalue weighted by Crippen LogP contribution is -2.37. The lowest BCUT2D eigenvalue weighted by molar-refractivity contribution is 0.414. The van der Waals surface area contributed by atoms with Crippen molar-refractivity contribution in [2.24, 2.45) is 0 Å². The molecule has 6 heteroatoms. The smallest absolute Gasteiger partial charge is 0.301 e. The molecular weight excluding hydrogens is 262 g/mol. The molecule has 0 aromatic heterocycles. The summed E-state index contributed by atoms with van der Waals surface area (Å²) in [5.41, 5.74) is 1.61. The molecular formula is C13H23N3O2S. The molecule has 2 N–H and O–H groups in total. The topological polar surface area (TPSA) is 61.4 Å². The molecule has 0 radical (unpaired) electrons. The van der Waals surface area contributed by atoms with Gasteiger partial charge in [0.2, 0.25) is 0 Å². The van der Waals surface area contributed by atoms with E-state index in [2.05, 4.69) is 10.0 Å². The van der Waals surface area contributed by atoms with E-state index in [1.807, 2.05) is 46.0 Å². The van der Waals surface area contributed by atoms with Gasteiger partial charge in [-0.15, -0.1) is 0 Å². The van der Waals surface area contributed by atoms with Crippen molar-refractivity contribution in [3.05, 3.63) is 29.8 Å². The summed E-state index contributed by atoms with van der Waals surface area (Å²) in [6.45, 7) is 5.69. The predicted molar refractivity (Wildman–Crippen MR) is 79.4 cm³/mol. The largest absolute Gasteiger partial charge is 0.313 e. The molecule has 0 amide bonds. The maximum Gasteiger partial charge on any atom is 0.301 e. The van der Waals surface area contributed by atoms with E-state index in [4.69, 9.17) is 0 Å². The minimum atomic E-state index is -3.50. The van der Waals surface area contributed by atoms with Crippen molar-refractivity contribution in [1.29, 1.82) is 0 Å². The average Bonchev–Trinajstić information content (AvgIpc) is 2.36. The first-order chi connectivity index (χ1) is 8.77. The van der Waals surface area contributed by atoms with Crippen LogP contribution in [0.15, 0.2) is 24.3 Å². The maximum absolute atomic E-state index is 12.1. The average molecular weight is 285 g/mol. The summed E-state index contributed by atoms with van der Waals surface area (Å²) >= 11 is 0. The van der Waals surface area contributed by atoms with Gasteiger partial charge in [0.1, 0.15) is 0 Å². The third kappa shape index (κ3) is 4.19. The Morgan fingerprint density at radius 1 is 1.21 bits per heavy atom. The Morgan fingerprint density at radius 3 is 2.37 bits per heavy atom. The van der Waals surface area contributed by atoms with Crippen LogP contribution in [0.1, 0.15) is 32.4 Å². The molecule has 0 aliphatic heterocycles. The van der Waals surface area contributed by atoms with Crippen LogP contribution in [0.5, 0.6) is 0 Å². The highest BCUT2D eigenvalue weighted by Crippen LogP contribution is 2.18. The molecule has 108 valence electrons. The number of hydrogen-bond acceptors (Lipinski definition) is 3. The van der Waals surface area contributed by atoms with E-state index in [1.54, 1.807) is 13.1 Å². The van der Waals surface area contributed by atoms with Gasteiger partial charge in [0, 0.05) is 19.1 Å². The highest BCUT2D eigenvalue weighted by atomic mass is 32.2. The second kappa shape index (κ2) is 6.36. The molecule has 1 unspecified atom stereocenters. The zero-order valence-electron chi connectivity index (χ0n) is 12.1. The monoisotopic (exact) mass is 285 g/mol. The van der Waals surface area contributed by atoms with Gasteiger partial charge >= 0.3 is 10.2 Å². The molecule has 0 aliphatic rings. The molecule has 0 bridgehead atoms. The number of nitrogens with one attached hydrogen (secondary N) is 2. The number of benzene rings is 1. The van der Waals surface area contributed by atoms with Crippen LogP contribution < -0.4 is 10.0 Å². The minimum absolute atomic E-state index is 0.0862. The van der Waals surface area contributed by atoms with Gasteiger partial charge in [-0.1, -0.05) is 12.1 Å². The fourth-order valence-electron chi connectivity index (χ4n) is 1.54. The summed E-state index contributed by atoms with van der Waals surface area (Å²) in [7, 11) is -0.0672. The van der Waals surface area contributed by atoms with Crippen LogP contribution in [0.3, 0.4) is 0 Å². The molecule has 0 saturated heterocycles. The number of nitrogens with zero attached hydrogens (tertiary/aromatic N) is 1. The molecule has 1 aromatic rings. The fraction of sp³-hybridized carbons (Fsp3) is 0.538. The Kier molecular flexibility index (Phi) is 5.34. The summed E-state index contributed by atoms with van der Waals surface area (Å²) in [6, 6.07) is 7.48. The highest BCUT2D eigenvalue weighted by molar-refractivity contribution is 7.90. The zero-order chi connectivity index (χ0) is 14.6. The third-order valence-electron chi connectivity index (χ3n) is 3.17. The van der Waals surface area contributed by atoms with Crippen LogP contribution in [-0.2, 0) is 10.2 Å². The van der Waals surface area contributed by atoms with E-state index >= 15 is 0 Å². The van der Waals surface area contributed by atoms with Crippen LogP contribution in [-0.4, -0.2) is 32.9 Å². The Hall–Kier alpha value is -1.11. The number of rotatable bonds is 6. The van der Waals surface area contributed by atoms with Crippen LogP contribution >= 0.6 is 0 Å². The van der Waals surface area contributed by atoms with Gasteiger partial charge in [-0.25, -0.2) is 0 Å². The molecule has 1 aromatic carbocycles. The van der Waals surface area contributed by atoms with Crippen molar-refractivity contribution < 1.29 is 8.42 Å². The summed E-state index contributed by atoms with van der Waals surface area (Å²) in [5.74, 6) is 0. The van der Waals surface area contributed by atoms with E-state index in [1.165, 1.54) is 4.31 Å². The Bertz CT molecular complexity index is 514. The Labute approximate surface area is 116 Å². The summed E-state index contributed by atoms with van der Waals surface area (Å²) in [6.07, 6.45) is 0. The third-order valence-corrected chi connectivity index (χ3v) is 4.85. The van der Waals surface area contributed by atoms with E-state index in [0.717, 1.165) is 5.56 Å². The number of hydrogen-bond donors (Lipinski definition) is 2. The van der Waals surface area contributed by atoms with E-state index in [9.17, 15) is 8.42 Å². The molecule has 0 fully saturated rings. The molecule has 0 spiro atoms. The molecule has 0 heterocycles. The fourth-order valence-corrected chi connectivity index (χ4v) is 2.66. The van der Waals surface area contributed by atoms with Crippen LogP contribution in [0.4, 0.5) is 5.69 Å². The molecule has 19 heavy (non-hydrogen) atoms. The quantitative estimate of drug-likeness (QED) is 0.840. The van der Waals surface area contributed by atoms with Crippen molar-refractivity contribution in [2.75, 3.05) is 18.8 Å². The van der Waals surface area contributed by atoms with Crippen molar-refractivity contribution in [3.63, 3.8) is 0 Å². The lowest BCUT2D eigenvalue weighted by atomic mass is 10.1. The summed E-state index contributed by atoms with van der Waals surface area (Å²) < 4.78 is 28.1. The molecule has 0 aliphatic carbocycles. The van der Waals surface area contributed by atoms with Crippen LogP contribution in [0.2, 0.25) is 0 Å². The molecule has 5 nitrogen and oxygen atoms in total. The van der Waals surface area contributed by atoms with E-state index in [0.29, 0.717) is 5.69 Å². The van der Waals surface area contributed by atoms with Gasteiger partial charge in [0.05, 0.1) is 5.69 Å². The second-order valence-corrected chi connectivity index (χ2v) is 6.58. The zero-order valence-corrected chi connectivity index (χ0v) is 13.0. The van der Waals surface area contributed by atoms with Crippen LogP contribution in [0.25, 0.3) is 0 Å². The van der Waals surface area contributed by atoms with Gasteiger partial charge in [0.25, 0.3) is 0 Å². The second-order valence-electron chi connectivity index (χ2n) is 4.85. The Morgan fingerprint density at radius 2 is 1.84 bits per heavy atom. The Balaban J connectivity index is 2.94. The maximum atomic E-state index is 12.1.